The number of nitrogens with two attached hydrogens (primary N) is 1. The van der Waals surface area contributed by atoms with Gasteiger partial charge in [0.25, 0.3) is 11.6 Å². The lowest BCUT2D eigenvalue weighted by molar-refractivity contribution is -0.384. The third-order valence-electron chi connectivity index (χ3n) is 4.81. The van der Waals surface area contributed by atoms with Crippen LogP contribution in [0.25, 0.3) is 0 Å². The predicted molar refractivity (Wildman–Crippen MR) is 108 cm³/mol. The Hall–Kier alpha value is -3.62. The first-order valence-electron chi connectivity index (χ1n) is 9.20. The molecular weight excluding hydrogens is 376 g/mol. The zero-order valence-corrected chi connectivity index (χ0v) is 16.0. The predicted octanol–water partition coefficient (Wildman–Crippen LogP) is 2.07. The SMILES string of the molecule is C[C@@H](OC(=O)c1ccc([N+](=O)[O-])cc1N)C(=O)N1CCN(c2ccccc2)CC1. The summed E-state index contributed by atoms with van der Waals surface area (Å²) in [5, 5.41) is 10.8. The maximum absolute atomic E-state index is 12.6. The zero-order valence-electron chi connectivity index (χ0n) is 16.0. The molecule has 2 aromatic carbocycles. The first-order valence-corrected chi connectivity index (χ1v) is 9.20. The normalized spacial score (nSPS) is 14.9. The van der Waals surface area contributed by atoms with Gasteiger partial charge in [-0.15, -0.1) is 0 Å². The van der Waals surface area contributed by atoms with E-state index in [-0.39, 0.29) is 22.8 Å². The van der Waals surface area contributed by atoms with Crippen LogP contribution < -0.4 is 10.6 Å². The van der Waals surface area contributed by atoms with Gasteiger partial charge in [0.05, 0.1) is 16.2 Å². The van der Waals surface area contributed by atoms with E-state index in [4.69, 9.17) is 10.5 Å². The molecule has 1 amide bonds. The molecule has 9 heteroatoms. The van der Waals surface area contributed by atoms with E-state index in [0.29, 0.717) is 26.2 Å². The van der Waals surface area contributed by atoms with E-state index in [1.54, 1.807) is 4.90 Å². The van der Waals surface area contributed by atoms with Crippen LogP contribution in [0.3, 0.4) is 0 Å². The highest BCUT2D eigenvalue weighted by Gasteiger charge is 2.28. The molecule has 9 nitrogen and oxygen atoms in total. The molecule has 0 bridgehead atoms. The van der Waals surface area contributed by atoms with Crippen molar-refractivity contribution in [3.05, 3.63) is 64.2 Å². The number of rotatable bonds is 5. The van der Waals surface area contributed by atoms with Gasteiger partial charge in [0.2, 0.25) is 0 Å². The van der Waals surface area contributed by atoms with Crippen LogP contribution in [0.15, 0.2) is 48.5 Å². The third-order valence-corrected chi connectivity index (χ3v) is 4.81. The molecular formula is C20H22N4O5. The molecule has 0 aliphatic carbocycles. The summed E-state index contributed by atoms with van der Waals surface area (Å²) in [5.74, 6) is -1.08. The van der Waals surface area contributed by atoms with Gasteiger partial charge in [0.15, 0.2) is 6.10 Å². The Bertz CT molecular complexity index is 910. The topological polar surface area (TPSA) is 119 Å². The van der Waals surface area contributed by atoms with Crippen molar-refractivity contribution in [1.82, 2.24) is 4.90 Å². The maximum Gasteiger partial charge on any atom is 0.341 e. The molecule has 2 aromatic rings. The number of non-ortho nitro benzene ring substituents is 1. The number of piperazine rings is 1. The number of para-hydroxylation sites is 1. The Morgan fingerprint density at radius 2 is 1.76 bits per heavy atom. The van der Waals surface area contributed by atoms with Crippen LogP contribution in [0.1, 0.15) is 17.3 Å². The maximum atomic E-state index is 12.6. The highest BCUT2D eigenvalue weighted by molar-refractivity contribution is 5.97. The molecule has 3 rings (SSSR count). The van der Waals surface area contributed by atoms with Crippen molar-refractivity contribution < 1.29 is 19.2 Å². The van der Waals surface area contributed by atoms with Crippen LogP contribution in [0.5, 0.6) is 0 Å². The number of carbonyl (C=O) groups is 2. The van der Waals surface area contributed by atoms with Gasteiger partial charge >= 0.3 is 5.97 Å². The minimum Gasteiger partial charge on any atom is -0.449 e. The van der Waals surface area contributed by atoms with Crippen LogP contribution in [-0.2, 0) is 9.53 Å². The Kier molecular flexibility index (Phi) is 5.96. The number of benzene rings is 2. The van der Waals surface area contributed by atoms with Gasteiger partial charge in [0.1, 0.15) is 0 Å². The summed E-state index contributed by atoms with van der Waals surface area (Å²) in [5.41, 5.74) is 6.52. The molecule has 0 radical (unpaired) electrons. The van der Waals surface area contributed by atoms with Gasteiger partial charge in [-0.25, -0.2) is 4.79 Å². The number of nitro benzene ring substituents is 1. The lowest BCUT2D eigenvalue weighted by Crippen LogP contribution is -2.51. The number of nitro groups is 1. The van der Waals surface area contributed by atoms with Crippen molar-refractivity contribution in [1.29, 1.82) is 0 Å². The molecule has 1 saturated heterocycles. The van der Waals surface area contributed by atoms with E-state index < -0.39 is 17.0 Å². The van der Waals surface area contributed by atoms with Crippen molar-refractivity contribution in [2.75, 3.05) is 36.8 Å². The minimum atomic E-state index is -0.986. The molecule has 1 aliphatic heterocycles. The van der Waals surface area contributed by atoms with Crippen molar-refractivity contribution in [2.24, 2.45) is 0 Å². The first-order chi connectivity index (χ1) is 13.9. The second-order valence-electron chi connectivity index (χ2n) is 6.72. The average Bonchev–Trinajstić information content (AvgIpc) is 2.73. The van der Waals surface area contributed by atoms with Crippen molar-refractivity contribution in [3.8, 4) is 0 Å². The molecule has 0 unspecified atom stereocenters. The van der Waals surface area contributed by atoms with E-state index in [9.17, 15) is 19.7 Å². The fourth-order valence-electron chi connectivity index (χ4n) is 3.20. The van der Waals surface area contributed by atoms with Crippen LogP contribution in [0.4, 0.5) is 17.1 Å². The number of amides is 1. The number of hydrogen-bond acceptors (Lipinski definition) is 7. The van der Waals surface area contributed by atoms with Crippen molar-refractivity contribution >= 4 is 28.9 Å². The number of nitrogen functional groups attached to an aromatic ring is 1. The molecule has 0 spiro atoms. The van der Waals surface area contributed by atoms with Gasteiger partial charge < -0.3 is 20.3 Å². The lowest BCUT2D eigenvalue weighted by atomic mass is 10.1. The average molecular weight is 398 g/mol. The number of anilines is 2. The van der Waals surface area contributed by atoms with Crippen molar-refractivity contribution in [2.45, 2.75) is 13.0 Å². The molecule has 2 N–H and O–H groups in total. The third kappa shape index (κ3) is 4.63. The number of hydrogen-bond donors (Lipinski definition) is 1. The second kappa shape index (κ2) is 8.59. The standard InChI is InChI=1S/C20H22N4O5/c1-14(29-20(26)17-8-7-16(24(27)28)13-18(17)21)19(25)23-11-9-22(10-12-23)15-5-3-2-4-6-15/h2-8,13-14H,9-12,21H2,1H3/t14-/m1/s1. The van der Waals surface area contributed by atoms with Gasteiger partial charge in [-0.3, -0.25) is 14.9 Å². The molecule has 0 saturated carbocycles. The molecule has 1 atom stereocenters. The lowest BCUT2D eigenvalue weighted by Gasteiger charge is -2.37. The summed E-state index contributed by atoms with van der Waals surface area (Å²) >= 11 is 0. The van der Waals surface area contributed by atoms with Crippen molar-refractivity contribution in [3.63, 3.8) is 0 Å². The van der Waals surface area contributed by atoms with E-state index in [2.05, 4.69) is 4.90 Å². The molecule has 1 aliphatic rings. The van der Waals surface area contributed by atoms with Crippen LogP contribution in [0.2, 0.25) is 0 Å². The summed E-state index contributed by atoms with van der Waals surface area (Å²) in [6, 6.07) is 13.4. The molecule has 1 fully saturated rings. The molecule has 1 heterocycles. The number of nitrogens with zero attached hydrogens (tertiary/aromatic N) is 3. The summed E-state index contributed by atoms with van der Waals surface area (Å²) in [6.45, 7) is 3.92. The van der Waals surface area contributed by atoms with E-state index in [0.717, 1.165) is 11.8 Å². The van der Waals surface area contributed by atoms with Crippen LogP contribution >= 0.6 is 0 Å². The smallest absolute Gasteiger partial charge is 0.341 e. The van der Waals surface area contributed by atoms with E-state index in [1.807, 2.05) is 30.3 Å². The summed E-state index contributed by atoms with van der Waals surface area (Å²) < 4.78 is 5.25. The molecule has 152 valence electrons. The molecule has 29 heavy (non-hydrogen) atoms. The Morgan fingerprint density at radius 3 is 2.34 bits per heavy atom. The monoisotopic (exact) mass is 398 g/mol. The fraction of sp³-hybridized carbons (Fsp3) is 0.300. The largest absolute Gasteiger partial charge is 0.449 e. The van der Waals surface area contributed by atoms with E-state index >= 15 is 0 Å². The zero-order chi connectivity index (χ0) is 21.0. The van der Waals surface area contributed by atoms with Crippen LogP contribution in [-0.4, -0.2) is 54.0 Å². The fourth-order valence-corrected chi connectivity index (χ4v) is 3.20. The quantitative estimate of drug-likeness (QED) is 0.354. The summed E-state index contributed by atoms with van der Waals surface area (Å²) in [7, 11) is 0. The second-order valence-corrected chi connectivity index (χ2v) is 6.72. The number of ether oxygens (including phenoxy) is 1. The Morgan fingerprint density at radius 1 is 1.10 bits per heavy atom. The van der Waals surface area contributed by atoms with Gasteiger partial charge in [-0.2, -0.15) is 0 Å². The highest BCUT2D eigenvalue weighted by atomic mass is 16.6. The van der Waals surface area contributed by atoms with Gasteiger partial charge in [-0.1, -0.05) is 18.2 Å². The summed E-state index contributed by atoms with van der Waals surface area (Å²) in [4.78, 5) is 39.0. The van der Waals surface area contributed by atoms with Gasteiger partial charge in [-0.05, 0) is 25.1 Å². The Balaban J connectivity index is 1.57. The van der Waals surface area contributed by atoms with E-state index in [1.165, 1.54) is 19.1 Å². The Labute approximate surface area is 167 Å². The molecule has 0 aromatic heterocycles. The minimum absolute atomic E-state index is 0.0100. The number of carbonyl (C=O) groups excluding carboxylic acids is 2. The van der Waals surface area contributed by atoms with Crippen LogP contribution in [0, 0.1) is 10.1 Å². The first kappa shape index (κ1) is 20.1. The summed E-state index contributed by atoms with van der Waals surface area (Å²) in [6.07, 6.45) is -0.986. The highest BCUT2D eigenvalue weighted by Crippen LogP contribution is 2.21. The number of esters is 1. The van der Waals surface area contributed by atoms with Gasteiger partial charge in [0, 0.05) is 44.0 Å².